The normalized spacial score (nSPS) is 22.2. The summed E-state index contributed by atoms with van der Waals surface area (Å²) >= 11 is 0. The van der Waals surface area contributed by atoms with Gasteiger partial charge in [-0.2, -0.15) is 0 Å². The molecule has 2 aliphatic heterocycles. The molecule has 2 heterocycles. The van der Waals surface area contributed by atoms with Crippen LogP contribution in [0.3, 0.4) is 0 Å². The van der Waals surface area contributed by atoms with Gasteiger partial charge in [0.2, 0.25) is 5.91 Å². The fourth-order valence-corrected chi connectivity index (χ4v) is 4.86. The van der Waals surface area contributed by atoms with E-state index in [4.69, 9.17) is 0 Å². The van der Waals surface area contributed by atoms with E-state index in [1.165, 1.54) is 25.9 Å². The van der Waals surface area contributed by atoms with Gasteiger partial charge in [0.1, 0.15) is 5.75 Å². The van der Waals surface area contributed by atoms with Crippen LogP contribution in [0.2, 0.25) is 0 Å². The van der Waals surface area contributed by atoms with Crippen molar-refractivity contribution < 1.29 is 9.90 Å². The van der Waals surface area contributed by atoms with Crippen molar-refractivity contribution in [2.75, 3.05) is 26.2 Å². The number of phenolic OH excluding ortho intramolecular Hbond substituents is 1. The molecule has 28 heavy (non-hydrogen) atoms. The molecule has 1 atom stereocenters. The molecule has 0 radical (unpaired) electrons. The molecule has 0 spiro atoms. The number of nitrogens with zero attached hydrogens (tertiary/aromatic N) is 2. The summed E-state index contributed by atoms with van der Waals surface area (Å²) in [4.78, 5) is 17.7. The molecular weight excluding hydrogens is 348 g/mol. The third-order valence-corrected chi connectivity index (χ3v) is 6.96. The minimum absolute atomic E-state index is 0.0179. The maximum absolute atomic E-state index is 13.0. The number of likely N-dealkylation sites (tertiary alicyclic amines) is 2. The summed E-state index contributed by atoms with van der Waals surface area (Å²) in [6, 6.07) is 4.67. The molecule has 0 aromatic heterocycles. The Bertz CT molecular complexity index is 672. The summed E-state index contributed by atoms with van der Waals surface area (Å²) in [6.07, 6.45) is 5.53. The van der Waals surface area contributed by atoms with Gasteiger partial charge in [-0.3, -0.25) is 4.79 Å². The van der Waals surface area contributed by atoms with E-state index in [-0.39, 0.29) is 11.8 Å². The van der Waals surface area contributed by atoms with Crippen molar-refractivity contribution in [3.63, 3.8) is 0 Å². The van der Waals surface area contributed by atoms with E-state index in [1.54, 1.807) is 0 Å². The number of aromatic hydroxyl groups is 1. The highest BCUT2D eigenvalue weighted by Crippen LogP contribution is 2.32. The lowest BCUT2D eigenvalue weighted by Crippen LogP contribution is -2.50. The summed E-state index contributed by atoms with van der Waals surface area (Å²) in [6.45, 7) is 14.8. The average molecular weight is 387 g/mol. The number of hydrogen-bond donors (Lipinski definition) is 1. The molecule has 2 fully saturated rings. The highest BCUT2D eigenvalue weighted by atomic mass is 16.3. The molecule has 4 nitrogen and oxygen atoms in total. The fraction of sp³-hybridized carbons (Fsp3) is 0.708. The van der Waals surface area contributed by atoms with Gasteiger partial charge in [-0.15, -0.1) is 0 Å². The Balaban J connectivity index is 1.51. The SMILES string of the molecule is Cc1cc(C[C@@H](C)C(=O)N2CCC(N3CCC(C)(C)CC3)CC2)cc(C)c1O. The Morgan fingerprint density at radius 1 is 1.11 bits per heavy atom. The number of piperidine rings is 2. The predicted octanol–water partition coefficient (Wildman–Crippen LogP) is 4.30. The largest absolute Gasteiger partial charge is 0.507 e. The Hall–Kier alpha value is -1.55. The third kappa shape index (κ3) is 4.89. The topological polar surface area (TPSA) is 43.8 Å². The van der Waals surface area contributed by atoms with Crippen LogP contribution in [-0.4, -0.2) is 53.0 Å². The van der Waals surface area contributed by atoms with E-state index in [9.17, 15) is 9.90 Å². The van der Waals surface area contributed by atoms with E-state index >= 15 is 0 Å². The maximum Gasteiger partial charge on any atom is 0.225 e. The van der Waals surface area contributed by atoms with Crippen LogP contribution in [0.15, 0.2) is 12.1 Å². The molecule has 1 aromatic carbocycles. The summed E-state index contributed by atoms with van der Waals surface area (Å²) in [5.74, 6) is 0.628. The number of phenols is 1. The summed E-state index contributed by atoms with van der Waals surface area (Å²) in [7, 11) is 0. The number of carbonyl (C=O) groups is 1. The Labute approximate surface area is 170 Å². The first-order chi connectivity index (χ1) is 13.2. The molecule has 3 rings (SSSR count). The first-order valence-electron chi connectivity index (χ1n) is 11.0. The molecule has 2 saturated heterocycles. The summed E-state index contributed by atoms with van der Waals surface area (Å²) < 4.78 is 0. The molecule has 2 aliphatic rings. The number of carbonyl (C=O) groups excluding carboxylic acids is 1. The fourth-order valence-electron chi connectivity index (χ4n) is 4.86. The second kappa shape index (κ2) is 8.44. The molecule has 1 aromatic rings. The zero-order chi connectivity index (χ0) is 20.5. The van der Waals surface area contributed by atoms with E-state index in [1.807, 2.05) is 32.9 Å². The zero-order valence-electron chi connectivity index (χ0n) is 18.4. The molecule has 4 heteroatoms. The monoisotopic (exact) mass is 386 g/mol. The van der Waals surface area contributed by atoms with Crippen LogP contribution in [0.5, 0.6) is 5.75 Å². The summed E-state index contributed by atoms with van der Waals surface area (Å²) in [5, 5.41) is 9.96. The number of benzene rings is 1. The highest BCUT2D eigenvalue weighted by Gasteiger charge is 2.32. The summed E-state index contributed by atoms with van der Waals surface area (Å²) in [5.41, 5.74) is 3.41. The van der Waals surface area contributed by atoms with Gasteiger partial charge in [-0.25, -0.2) is 0 Å². The predicted molar refractivity (Wildman–Crippen MR) is 115 cm³/mol. The van der Waals surface area contributed by atoms with Crippen molar-refractivity contribution in [2.24, 2.45) is 11.3 Å². The van der Waals surface area contributed by atoms with Gasteiger partial charge < -0.3 is 14.9 Å². The quantitative estimate of drug-likeness (QED) is 0.839. The standard InChI is InChI=1S/C24H38N2O2/c1-17-14-20(15-18(2)22(17)27)16-19(3)23(28)26-10-6-21(7-11-26)25-12-8-24(4,5)9-13-25/h14-15,19,21,27H,6-13,16H2,1-5H3/t19-/m1/s1. The molecule has 0 saturated carbocycles. The first-order valence-corrected chi connectivity index (χ1v) is 11.0. The van der Waals surface area contributed by atoms with Crippen LogP contribution in [0.25, 0.3) is 0 Å². The molecule has 1 amide bonds. The van der Waals surface area contributed by atoms with Crippen molar-refractivity contribution in [3.05, 3.63) is 28.8 Å². The maximum atomic E-state index is 13.0. The highest BCUT2D eigenvalue weighted by molar-refractivity contribution is 5.79. The lowest BCUT2D eigenvalue weighted by molar-refractivity contribution is -0.136. The van der Waals surface area contributed by atoms with Crippen molar-refractivity contribution in [1.82, 2.24) is 9.80 Å². The number of rotatable bonds is 4. The minimum atomic E-state index is -0.0179. The van der Waals surface area contributed by atoms with E-state index < -0.39 is 0 Å². The Kier molecular flexibility index (Phi) is 6.38. The van der Waals surface area contributed by atoms with Crippen LogP contribution in [-0.2, 0) is 11.2 Å². The molecule has 0 bridgehead atoms. The molecule has 0 unspecified atom stereocenters. The number of amides is 1. The van der Waals surface area contributed by atoms with Crippen LogP contribution in [0.4, 0.5) is 0 Å². The number of hydrogen-bond acceptors (Lipinski definition) is 3. The van der Waals surface area contributed by atoms with Crippen molar-refractivity contribution in [1.29, 1.82) is 0 Å². The van der Waals surface area contributed by atoms with Gasteiger partial charge in [0, 0.05) is 25.0 Å². The van der Waals surface area contributed by atoms with Crippen LogP contribution < -0.4 is 0 Å². The second-order valence-corrected chi connectivity index (χ2v) is 9.94. The van der Waals surface area contributed by atoms with Crippen molar-refractivity contribution >= 4 is 5.91 Å². The lowest BCUT2D eigenvalue weighted by Gasteiger charge is -2.44. The van der Waals surface area contributed by atoms with Crippen molar-refractivity contribution in [3.8, 4) is 5.75 Å². The Morgan fingerprint density at radius 2 is 1.64 bits per heavy atom. The molecular formula is C24H38N2O2. The van der Waals surface area contributed by atoms with Crippen molar-refractivity contribution in [2.45, 2.75) is 72.8 Å². The van der Waals surface area contributed by atoms with Crippen LogP contribution in [0, 0.1) is 25.2 Å². The van der Waals surface area contributed by atoms with Gasteiger partial charge in [0.25, 0.3) is 0 Å². The molecule has 1 N–H and O–H groups in total. The van der Waals surface area contributed by atoms with E-state index in [0.29, 0.717) is 17.2 Å². The van der Waals surface area contributed by atoms with E-state index in [0.717, 1.165) is 49.0 Å². The average Bonchev–Trinajstić information content (AvgIpc) is 2.65. The van der Waals surface area contributed by atoms with Crippen LogP contribution >= 0.6 is 0 Å². The van der Waals surface area contributed by atoms with Gasteiger partial charge in [0.05, 0.1) is 0 Å². The number of aryl methyl sites for hydroxylation is 2. The van der Waals surface area contributed by atoms with Gasteiger partial charge in [-0.05, 0) is 81.1 Å². The molecule has 0 aliphatic carbocycles. The van der Waals surface area contributed by atoms with Crippen LogP contribution in [0.1, 0.15) is 63.1 Å². The smallest absolute Gasteiger partial charge is 0.225 e. The van der Waals surface area contributed by atoms with E-state index in [2.05, 4.69) is 23.6 Å². The van der Waals surface area contributed by atoms with Gasteiger partial charge >= 0.3 is 0 Å². The van der Waals surface area contributed by atoms with Gasteiger partial charge in [0.15, 0.2) is 0 Å². The lowest BCUT2D eigenvalue weighted by atomic mass is 9.82. The minimum Gasteiger partial charge on any atom is -0.507 e. The third-order valence-electron chi connectivity index (χ3n) is 6.96. The zero-order valence-corrected chi connectivity index (χ0v) is 18.4. The van der Waals surface area contributed by atoms with Gasteiger partial charge in [-0.1, -0.05) is 32.9 Å². The Morgan fingerprint density at radius 3 is 2.18 bits per heavy atom. The second-order valence-electron chi connectivity index (χ2n) is 9.94. The first kappa shape index (κ1) is 21.2. The molecule has 156 valence electrons.